The maximum atomic E-state index is 12.2. The molecule has 1 aromatic heterocycles. The van der Waals surface area contributed by atoms with Gasteiger partial charge in [-0.1, -0.05) is 30.3 Å². The Morgan fingerprint density at radius 3 is 2.45 bits per heavy atom. The maximum Gasteiger partial charge on any atom is 0.190 e. The first kappa shape index (κ1) is 12.4. The van der Waals surface area contributed by atoms with E-state index in [1.165, 1.54) is 13.0 Å². The lowest BCUT2D eigenvalue weighted by molar-refractivity contribution is 0.101. The van der Waals surface area contributed by atoms with Crippen LogP contribution in [-0.4, -0.2) is 5.78 Å². The second-order valence-electron chi connectivity index (χ2n) is 4.57. The van der Waals surface area contributed by atoms with E-state index in [1.807, 2.05) is 30.3 Å². The predicted molar refractivity (Wildman–Crippen MR) is 77.9 cm³/mol. The van der Waals surface area contributed by atoms with E-state index >= 15 is 0 Å². The second kappa shape index (κ2) is 4.78. The van der Waals surface area contributed by atoms with Crippen LogP contribution < -0.4 is 5.43 Å². The summed E-state index contributed by atoms with van der Waals surface area (Å²) < 4.78 is 5.52. The van der Waals surface area contributed by atoms with Crippen molar-refractivity contribution in [1.29, 1.82) is 0 Å². The van der Waals surface area contributed by atoms with Gasteiger partial charge in [-0.3, -0.25) is 9.59 Å². The van der Waals surface area contributed by atoms with Crippen molar-refractivity contribution in [3.05, 3.63) is 70.6 Å². The molecule has 3 heteroatoms. The van der Waals surface area contributed by atoms with Gasteiger partial charge in [-0.15, -0.1) is 0 Å². The van der Waals surface area contributed by atoms with Gasteiger partial charge in [0, 0.05) is 10.9 Å². The van der Waals surface area contributed by atoms with E-state index in [0.717, 1.165) is 10.9 Å². The molecular formula is C17H12O3. The van der Waals surface area contributed by atoms with Crippen LogP contribution in [0.2, 0.25) is 0 Å². The van der Waals surface area contributed by atoms with Crippen molar-refractivity contribution in [2.45, 2.75) is 6.92 Å². The molecule has 3 aromatic rings. The SMILES string of the molecule is CC(=O)c1c(-c2ccccc2)c2occc2ccc1=O. The van der Waals surface area contributed by atoms with E-state index in [4.69, 9.17) is 4.42 Å². The van der Waals surface area contributed by atoms with Gasteiger partial charge in [0.2, 0.25) is 0 Å². The molecular weight excluding hydrogens is 252 g/mol. The minimum absolute atomic E-state index is 0.168. The van der Waals surface area contributed by atoms with E-state index in [0.29, 0.717) is 11.1 Å². The number of hydrogen-bond acceptors (Lipinski definition) is 3. The van der Waals surface area contributed by atoms with Gasteiger partial charge in [0.15, 0.2) is 11.2 Å². The Hall–Kier alpha value is -2.68. The fourth-order valence-corrected chi connectivity index (χ4v) is 2.37. The van der Waals surface area contributed by atoms with Gasteiger partial charge in [-0.25, -0.2) is 0 Å². The maximum absolute atomic E-state index is 12.2. The Kier molecular flexibility index (Phi) is 2.95. The molecule has 0 N–H and O–H groups in total. The number of fused-ring (bicyclic) bond motifs is 1. The third-order valence-electron chi connectivity index (χ3n) is 3.25. The fourth-order valence-electron chi connectivity index (χ4n) is 2.37. The quantitative estimate of drug-likeness (QED) is 0.663. The summed E-state index contributed by atoms with van der Waals surface area (Å²) in [5, 5.41) is 0.799. The minimum atomic E-state index is -0.289. The lowest BCUT2D eigenvalue weighted by Gasteiger charge is -2.04. The van der Waals surface area contributed by atoms with Gasteiger partial charge >= 0.3 is 0 Å². The normalized spacial score (nSPS) is 10.7. The van der Waals surface area contributed by atoms with Crippen LogP contribution in [-0.2, 0) is 0 Å². The van der Waals surface area contributed by atoms with E-state index in [1.54, 1.807) is 18.4 Å². The molecule has 0 radical (unpaired) electrons. The molecule has 98 valence electrons. The van der Waals surface area contributed by atoms with Gasteiger partial charge in [-0.05, 0) is 30.7 Å². The highest BCUT2D eigenvalue weighted by molar-refractivity contribution is 6.07. The van der Waals surface area contributed by atoms with Gasteiger partial charge in [-0.2, -0.15) is 0 Å². The van der Waals surface area contributed by atoms with Crippen molar-refractivity contribution in [2.75, 3.05) is 0 Å². The third-order valence-corrected chi connectivity index (χ3v) is 3.25. The van der Waals surface area contributed by atoms with Gasteiger partial charge < -0.3 is 4.42 Å². The molecule has 0 spiro atoms. The number of furan rings is 1. The van der Waals surface area contributed by atoms with Gasteiger partial charge in [0.25, 0.3) is 0 Å². The zero-order valence-corrected chi connectivity index (χ0v) is 10.9. The molecule has 20 heavy (non-hydrogen) atoms. The topological polar surface area (TPSA) is 47.3 Å². The Balaban J connectivity index is 2.56. The number of ketones is 1. The van der Waals surface area contributed by atoms with Crippen LogP contribution in [0.5, 0.6) is 0 Å². The van der Waals surface area contributed by atoms with Crippen LogP contribution >= 0.6 is 0 Å². The monoisotopic (exact) mass is 264 g/mol. The summed E-state index contributed by atoms with van der Waals surface area (Å²) in [5.74, 6) is -0.261. The minimum Gasteiger partial charge on any atom is -0.464 e. The Morgan fingerprint density at radius 2 is 1.75 bits per heavy atom. The summed E-state index contributed by atoms with van der Waals surface area (Å²) in [6.07, 6.45) is 1.56. The average Bonchev–Trinajstić information content (AvgIpc) is 2.85. The summed E-state index contributed by atoms with van der Waals surface area (Å²) in [6.45, 7) is 1.40. The zero-order valence-electron chi connectivity index (χ0n) is 10.9. The molecule has 0 atom stereocenters. The molecule has 1 heterocycles. The molecule has 0 aliphatic rings. The number of benzene rings is 1. The zero-order chi connectivity index (χ0) is 14.1. The number of carbonyl (C=O) groups is 1. The lowest BCUT2D eigenvalue weighted by Crippen LogP contribution is -2.10. The fraction of sp³-hybridized carbons (Fsp3) is 0.0588. The highest BCUT2D eigenvalue weighted by atomic mass is 16.3. The molecule has 0 aliphatic heterocycles. The van der Waals surface area contributed by atoms with E-state index in [2.05, 4.69) is 0 Å². The smallest absolute Gasteiger partial charge is 0.190 e. The third kappa shape index (κ3) is 1.93. The van der Waals surface area contributed by atoms with Crippen LogP contribution in [0.25, 0.3) is 22.1 Å². The molecule has 0 amide bonds. The number of rotatable bonds is 2. The highest BCUT2D eigenvalue weighted by Gasteiger charge is 2.17. The lowest BCUT2D eigenvalue weighted by atomic mass is 9.99. The van der Waals surface area contributed by atoms with Crippen LogP contribution in [0.4, 0.5) is 0 Å². The van der Waals surface area contributed by atoms with Crippen LogP contribution in [0.15, 0.2) is 64.0 Å². The summed E-state index contributed by atoms with van der Waals surface area (Å²) in [4.78, 5) is 24.1. The van der Waals surface area contributed by atoms with Gasteiger partial charge in [0.1, 0.15) is 5.58 Å². The van der Waals surface area contributed by atoms with Crippen molar-refractivity contribution < 1.29 is 9.21 Å². The van der Waals surface area contributed by atoms with Crippen molar-refractivity contribution in [1.82, 2.24) is 0 Å². The van der Waals surface area contributed by atoms with Crippen molar-refractivity contribution >= 4 is 16.8 Å². The molecule has 2 aromatic carbocycles. The molecule has 0 fully saturated rings. The second-order valence-corrected chi connectivity index (χ2v) is 4.57. The molecule has 0 unspecified atom stereocenters. The molecule has 3 nitrogen and oxygen atoms in total. The first-order valence-corrected chi connectivity index (χ1v) is 6.29. The van der Waals surface area contributed by atoms with Crippen molar-refractivity contribution in [3.8, 4) is 11.1 Å². The molecule has 3 rings (SSSR count). The predicted octanol–water partition coefficient (Wildman–Crippen LogP) is 3.66. The number of hydrogen-bond donors (Lipinski definition) is 0. The Bertz CT molecular complexity index is 845. The van der Waals surface area contributed by atoms with Crippen molar-refractivity contribution in [2.24, 2.45) is 0 Å². The average molecular weight is 264 g/mol. The Labute approximate surface area is 115 Å². The molecule has 0 saturated heterocycles. The molecule has 0 aliphatic carbocycles. The van der Waals surface area contributed by atoms with Crippen molar-refractivity contribution in [3.63, 3.8) is 0 Å². The van der Waals surface area contributed by atoms with E-state index in [-0.39, 0.29) is 16.8 Å². The first-order valence-electron chi connectivity index (χ1n) is 6.29. The largest absolute Gasteiger partial charge is 0.464 e. The van der Waals surface area contributed by atoms with Crippen LogP contribution in [0.1, 0.15) is 17.3 Å². The number of Topliss-reactive ketones (excluding diaryl/α,β-unsaturated/α-hetero) is 1. The molecule has 0 bridgehead atoms. The summed E-state index contributed by atoms with van der Waals surface area (Å²) >= 11 is 0. The summed E-state index contributed by atoms with van der Waals surface area (Å²) in [6, 6.07) is 14.2. The standard InChI is InChI=1S/C17H12O3/c1-11(18)15-14(19)8-7-13-9-10-20-17(13)16(15)12-5-3-2-4-6-12/h2-10H,1H3. The Morgan fingerprint density at radius 1 is 1.00 bits per heavy atom. The molecule has 0 saturated carbocycles. The number of carbonyl (C=O) groups excluding carboxylic acids is 1. The van der Waals surface area contributed by atoms with Crippen LogP contribution in [0.3, 0.4) is 0 Å². The van der Waals surface area contributed by atoms with E-state index < -0.39 is 0 Å². The van der Waals surface area contributed by atoms with E-state index in [9.17, 15) is 9.59 Å². The summed E-state index contributed by atoms with van der Waals surface area (Å²) in [7, 11) is 0. The first-order chi connectivity index (χ1) is 9.68. The van der Waals surface area contributed by atoms with Crippen LogP contribution in [0, 0.1) is 0 Å². The highest BCUT2D eigenvalue weighted by Crippen LogP contribution is 2.30. The summed E-state index contributed by atoms with van der Waals surface area (Å²) in [5.41, 5.74) is 1.80. The van der Waals surface area contributed by atoms with Gasteiger partial charge in [0.05, 0.1) is 11.8 Å².